The van der Waals surface area contributed by atoms with Crippen LogP contribution in [0.1, 0.15) is 68.0 Å². The van der Waals surface area contributed by atoms with Gasteiger partial charge in [-0.3, -0.25) is 9.59 Å². The van der Waals surface area contributed by atoms with Gasteiger partial charge in [0.1, 0.15) is 17.6 Å². The van der Waals surface area contributed by atoms with Gasteiger partial charge in [0.05, 0.1) is 46.6 Å². The molecule has 3 N–H and O–H groups in total. The molecule has 0 radical (unpaired) electrons. The molecule has 1 aromatic carbocycles. The molecule has 0 unspecified atom stereocenters. The van der Waals surface area contributed by atoms with Crippen molar-refractivity contribution in [3.63, 3.8) is 0 Å². The third-order valence-corrected chi connectivity index (χ3v) is 10.1. The van der Waals surface area contributed by atoms with Crippen molar-refractivity contribution in [2.24, 2.45) is 18.4 Å². The minimum Gasteiger partial charge on any atom is -0.348 e. The van der Waals surface area contributed by atoms with Gasteiger partial charge in [-0.25, -0.2) is 27.5 Å². The Labute approximate surface area is 263 Å². The molecule has 1 saturated heterocycles. The van der Waals surface area contributed by atoms with Crippen LogP contribution in [0.25, 0.3) is 33.6 Å². The standard InChI is InChI=1S/C33H37F4N7O2/c1-17-23-7-6-18-11-27(44(28(18)40-23)16-33(36,37)9-4-5-19-14-32(19,2)31(46)39-17)29-41-24-12-20(22(35)13-26(24)43(29)3)30(45)42-25-15-38-10-8-21(25)34/h6-7,11-13,17,19,21,25,38H,4-5,8-10,14-16H2,1-3H3,(H,39,46)(H,42,45)/t17-,19+,21+,25+,32+/m1/s1. The third-order valence-electron chi connectivity index (χ3n) is 10.1. The fraction of sp³-hybridized carbons (Fsp3) is 0.515. The van der Waals surface area contributed by atoms with E-state index in [1.165, 1.54) is 16.7 Å². The van der Waals surface area contributed by atoms with Crippen molar-refractivity contribution in [3.05, 3.63) is 47.4 Å². The maximum absolute atomic E-state index is 15.7. The first-order valence-corrected chi connectivity index (χ1v) is 15.9. The Morgan fingerprint density at radius 3 is 2.74 bits per heavy atom. The molecule has 5 atom stereocenters. The molecule has 2 amide bonds. The number of aryl methyl sites for hydroxylation is 1. The summed E-state index contributed by atoms with van der Waals surface area (Å²) in [6.07, 6.45) is 0.147. The molecule has 13 heteroatoms. The summed E-state index contributed by atoms with van der Waals surface area (Å²) in [4.78, 5) is 35.5. The number of hydrogen-bond donors (Lipinski definition) is 3. The number of aromatic nitrogens is 4. The monoisotopic (exact) mass is 639 g/mol. The van der Waals surface area contributed by atoms with Gasteiger partial charge in [-0.2, -0.15) is 0 Å². The van der Waals surface area contributed by atoms with Crippen molar-refractivity contribution in [2.75, 3.05) is 13.1 Å². The highest BCUT2D eigenvalue weighted by atomic mass is 19.3. The average Bonchev–Trinajstić information content (AvgIpc) is 3.40. The van der Waals surface area contributed by atoms with E-state index in [2.05, 4.69) is 20.9 Å². The third kappa shape index (κ3) is 5.31. The lowest BCUT2D eigenvalue weighted by molar-refractivity contribution is -0.127. The summed E-state index contributed by atoms with van der Waals surface area (Å²) in [5.41, 5.74) is 1.03. The van der Waals surface area contributed by atoms with Crippen molar-refractivity contribution >= 4 is 33.9 Å². The SMILES string of the molecule is C[C@H]1NC(=O)[C@@]2(C)C[C@@H]2CCCC(F)(F)Cn2c(-c3nc4cc(C(=O)N[C@H]5CNCC[C@@H]5F)c(F)cc4n3C)cc3ccc1nc32. The lowest BCUT2D eigenvalue weighted by Crippen LogP contribution is -2.52. The van der Waals surface area contributed by atoms with Crippen molar-refractivity contribution < 1.29 is 27.2 Å². The molecule has 4 aromatic rings. The predicted molar refractivity (Wildman–Crippen MR) is 165 cm³/mol. The fourth-order valence-corrected chi connectivity index (χ4v) is 7.06. The molecule has 2 aliphatic heterocycles. The summed E-state index contributed by atoms with van der Waals surface area (Å²) in [6, 6.07) is 6.54. The molecule has 7 rings (SSSR count). The number of halogens is 4. The van der Waals surface area contributed by atoms with Crippen LogP contribution < -0.4 is 16.0 Å². The Morgan fingerprint density at radius 1 is 1.15 bits per heavy atom. The van der Waals surface area contributed by atoms with Gasteiger partial charge in [-0.15, -0.1) is 0 Å². The quantitative estimate of drug-likeness (QED) is 0.268. The van der Waals surface area contributed by atoms with Gasteiger partial charge in [0.15, 0.2) is 5.82 Å². The molecule has 46 heavy (non-hydrogen) atoms. The van der Waals surface area contributed by atoms with E-state index in [1.54, 1.807) is 29.8 Å². The normalized spacial score (nSPS) is 28.1. The van der Waals surface area contributed by atoms with E-state index in [-0.39, 0.29) is 48.7 Å². The largest absolute Gasteiger partial charge is 0.348 e. The van der Waals surface area contributed by atoms with E-state index >= 15 is 13.2 Å². The van der Waals surface area contributed by atoms with Crippen LogP contribution in [0.4, 0.5) is 17.6 Å². The maximum atomic E-state index is 15.7. The van der Waals surface area contributed by atoms with Gasteiger partial charge in [0, 0.05) is 36.9 Å². The van der Waals surface area contributed by atoms with E-state index in [4.69, 9.17) is 4.98 Å². The predicted octanol–water partition coefficient (Wildman–Crippen LogP) is 5.18. The van der Waals surface area contributed by atoms with Crippen LogP contribution in [0.5, 0.6) is 0 Å². The number of amides is 2. The zero-order valence-corrected chi connectivity index (χ0v) is 26.0. The highest BCUT2D eigenvalue weighted by molar-refractivity contribution is 5.98. The summed E-state index contributed by atoms with van der Waals surface area (Å²) >= 11 is 0. The molecule has 3 aliphatic rings. The lowest BCUT2D eigenvalue weighted by atomic mass is 10.00. The number of carbonyl (C=O) groups is 2. The first kappa shape index (κ1) is 30.6. The maximum Gasteiger partial charge on any atom is 0.265 e. The zero-order chi connectivity index (χ0) is 32.5. The highest BCUT2D eigenvalue weighted by Gasteiger charge is 2.55. The summed E-state index contributed by atoms with van der Waals surface area (Å²) in [5.74, 6) is -4.37. The Kier molecular flexibility index (Phi) is 7.37. The van der Waals surface area contributed by atoms with E-state index in [9.17, 15) is 14.0 Å². The Balaban J connectivity index is 1.29. The van der Waals surface area contributed by atoms with Crippen molar-refractivity contribution in [2.45, 2.75) is 76.7 Å². The molecule has 2 fully saturated rings. The van der Waals surface area contributed by atoms with Crippen molar-refractivity contribution in [1.82, 2.24) is 35.1 Å². The molecular formula is C33H37F4N7O2. The van der Waals surface area contributed by atoms with Crippen LogP contribution >= 0.6 is 0 Å². The van der Waals surface area contributed by atoms with E-state index in [0.717, 1.165) is 0 Å². The molecule has 1 aliphatic carbocycles. The van der Waals surface area contributed by atoms with Gasteiger partial charge in [-0.05, 0) is 69.3 Å². The lowest BCUT2D eigenvalue weighted by Gasteiger charge is -2.27. The van der Waals surface area contributed by atoms with E-state index in [0.29, 0.717) is 53.1 Å². The highest BCUT2D eigenvalue weighted by Crippen LogP contribution is 2.55. The van der Waals surface area contributed by atoms with Gasteiger partial charge >= 0.3 is 0 Å². The van der Waals surface area contributed by atoms with Crippen LogP contribution in [0, 0.1) is 17.2 Å². The molecule has 2 bridgehead atoms. The number of imidazole rings is 1. The zero-order valence-electron chi connectivity index (χ0n) is 26.0. The number of alkyl halides is 3. The van der Waals surface area contributed by atoms with Gasteiger partial charge in [-0.1, -0.05) is 6.92 Å². The van der Waals surface area contributed by atoms with E-state index in [1.807, 2.05) is 13.8 Å². The summed E-state index contributed by atoms with van der Waals surface area (Å²) in [7, 11) is 1.65. The molecule has 3 aromatic heterocycles. The van der Waals surface area contributed by atoms with Gasteiger partial charge in [0.25, 0.3) is 11.8 Å². The van der Waals surface area contributed by atoms with Crippen molar-refractivity contribution in [1.29, 1.82) is 0 Å². The number of pyridine rings is 1. The minimum atomic E-state index is -3.08. The minimum absolute atomic E-state index is 0.0664. The molecule has 0 spiro atoms. The Morgan fingerprint density at radius 2 is 1.96 bits per heavy atom. The van der Waals surface area contributed by atoms with Crippen molar-refractivity contribution in [3.8, 4) is 11.5 Å². The fourth-order valence-electron chi connectivity index (χ4n) is 7.06. The molecule has 1 saturated carbocycles. The van der Waals surface area contributed by atoms with Crippen LogP contribution in [0.2, 0.25) is 0 Å². The number of rotatable bonds is 3. The van der Waals surface area contributed by atoms with Gasteiger partial charge in [0.2, 0.25) is 5.91 Å². The molecule has 244 valence electrons. The Bertz CT molecular complexity index is 1870. The van der Waals surface area contributed by atoms with Crippen LogP contribution in [-0.2, 0) is 18.4 Å². The second-order valence-corrected chi connectivity index (χ2v) is 13.4. The first-order chi connectivity index (χ1) is 21.8. The number of hydrogen-bond acceptors (Lipinski definition) is 5. The number of carbonyl (C=O) groups excluding carboxylic acids is 2. The molecule has 5 heterocycles. The Hall–Kier alpha value is -4.00. The number of fused-ring (bicyclic) bond motifs is 3. The number of nitrogens with one attached hydrogen (secondary N) is 3. The van der Waals surface area contributed by atoms with Gasteiger partial charge < -0.3 is 25.1 Å². The summed E-state index contributed by atoms with van der Waals surface area (Å²) < 4.78 is 64.0. The van der Waals surface area contributed by atoms with Crippen LogP contribution in [0.15, 0.2) is 30.3 Å². The molecular weight excluding hydrogens is 602 g/mol. The van der Waals surface area contributed by atoms with Crippen LogP contribution in [0.3, 0.4) is 0 Å². The summed E-state index contributed by atoms with van der Waals surface area (Å²) in [6.45, 7) is 3.81. The number of benzene rings is 1. The molecule has 9 nitrogen and oxygen atoms in total. The van der Waals surface area contributed by atoms with E-state index < -0.39 is 47.9 Å². The average molecular weight is 640 g/mol. The first-order valence-electron chi connectivity index (χ1n) is 15.9. The topological polar surface area (TPSA) is 106 Å². The number of nitrogens with zero attached hydrogens (tertiary/aromatic N) is 4. The van der Waals surface area contributed by atoms with Crippen LogP contribution in [-0.4, -0.2) is 62.1 Å². The second-order valence-electron chi connectivity index (χ2n) is 13.4. The smallest absolute Gasteiger partial charge is 0.265 e. The summed E-state index contributed by atoms with van der Waals surface area (Å²) in [5, 5.41) is 9.27. The number of piperidine rings is 1. The second kappa shape index (κ2) is 11.1.